The van der Waals surface area contributed by atoms with Gasteiger partial charge in [0.2, 0.25) is 0 Å². The highest BCUT2D eigenvalue weighted by Gasteiger charge is 2.58. The number of hydrogen-bond acceptors (Lipinski definition) is 1. The van der Waals surface area contributed by atoms with Gasteiger partial charge >= 0.3 is 0 Å². The van der Waals surface area contributed by atoms with E-state index in [1.54, 1.807) is 0 Å². The Morgan fingerprint density at radius 3 is 2.67 bits per heavy atom. The van der Waals surface area contributed by atoms with Gasteiger partial charge < -0.3 is 5.11 Å². The summed E-state index contributed by atoms with van der Waals surface area (Å²) in [4.78, 5) is 0. The van der Waals surface area contributed by atoms with Crippen molar-refractivity contribution in [2.45, 2.75) is 39.2 Å². The Hall–Kier alpha value is -0.300. The third kappa shape index (κ3) is 1.03. The molecule has 68 valence electrons. The summed E-state index contributed by atoms with van der Waals surface area (Å²) in [5, 5.41) is 9.86. The van der Waals surface area contributed by atoms with Gasteiger partial charge in [-0.25, -0.2) is 0 Å². The summed E-state index contributed by atoms with van der Waals surface area (Å²) < 4.78 is 0. The van der Waals surface area contributed by atoms with E-state index < -0.39 is 0 Å². The van der Waals surface area contributed by atoms with Crippen LogP contribution in [0.3, 0.4) is 0 Å². The second-order valence-electron chi connectivity index (χ2n) is 4.94. The molecule has 0 radical (unpaired) electrons. The van der Waals surface area contributed by atoms with Crippen LogP contribution in [0.2, 0.25) is 0 Å². The molecule has 0 unspecified atom stereocenters. The number of allylic oxidation sites excluding steroid dienone is 1. The maximum absolute atomic E-state index is 9.86. The monoisotopic (exact) mass is 166 g/mol. The van der Waals surface area contributed by atoms with Crippen molar-refractivity contribution in [3.05, 3.63) is 12.2 Å². The number of aliphatic hydroxyl groups excluding tert-OH is 1. The van der Waals surface area contributed by atoms with Gasteiger partial charge in [-0.2, -0.15) is 0 Å². The minimum atomic E-state index is -0.0713. The van der Waals surface area contributed by atoms with Crippen molar-refractivity contribution in [2.24, 2.45) is 17.3 Å². The van der Waals surface area contributed by atoms with Crippen molar-refractivity contribution >= 4 is 0 Å². The van der Waals surface area contributed by atoms with E-state index in [2.05, 4.69) is 20.4 Å². The Morgan fingerprint density at radius 1 is 1.50 bits per heavy atom. The molecule has 1 heteroatoms. The molecule has 2 aliphatic carbocycles. The van der Waals surface area contributed by atoms with Crippen LogP contribution in [0, 0.1) is 17.3 Å². The number of aliphatic hydroxyl groups is 1. The first-order chi connectivity index (χ1) is 5.54. The van der Waals surface area contributed by atoms with Crippen LogP contribution >= 0.6 is 0 Å². The Morgan fingerprint density at radius 2 is 2.17 bits per heavy atom. The van der Waals surface area contributed by atoms with E-state index in [1.165, 1.54) is 18.4 Å². The first kappa shape index (κ1) is 8.31. The molecule has 0 aromatic rings. The Bertz CT molecular complexity index is 221. The summed E-state index contributed by atoms with van der Waals surface area (Å²) in [6.45, 7) is 8.28. The summed E-state index contributed by atoms with van der Waals surface area (Å²) in [5.41, 5.74) is 1.54. The fourth-order valence-electron chi connectivity index (χ4n) is 2.61. The second-order valence-corrected chi connectivity index (χ2v) is 4.94. The summed E-state index contributed by atoms with van der Waals surface area (Å²) in [5.74, 6) is 1.36. The van der Waals surface area contributed by atoms with Crippen molar-refractivity contribution in [1.82, 2.24) is 0 Å². The van der Waals surface area contributed by atoms with E-state index in [1.807, 2.05) is 0 Å². The van der Waals surface area contributed by atoms with Crippen molar-refractivity contribution in [3.63, 3.8) is 0 Å². The van der Waals surface area contributed by atoms with Gasteiger partial charge in [-0.15, -0.1) is 0 Å². The van der Waals surface area contributed by atoms with Gasteiger partial charge in [0.15, 0.2) is 0 Å². The summed E-state index contributed by atoms with van der Waals surface area (Å²) >= 11 is 0. The highest BCUT2D eigenvalue weighted by Crippen LogP contribution is 2.62. The molecule has 0 aliphatic heterocycles. The van der Waals surface area contributed by atoms with E-state index in [0.717, 1.165) is 12.3 Å². The number of fused-ring (bicyclic) bond motifs is 1. The van der Waals surface area contributed by atoms with Gasteiger partial charge in [-0.05, 0) is 43.4 Å². The average Bonchev–Trinajstić information content (AvgIpc) is 2.62. The van der Waals surface area contributed by atoms with Crippen LogP contribution in [0.25, 0.3) is 0 Å². The van der Waals surface area contributed by atoms with Gasteiger partial charge in [0.05, 0.1) is 6.10 Å². The second kappa shape index (κ2) is 2.35. The predicted octanol–water partition coefficient (Wildman–Crippen LogP) is 2.36. The van der Waals surface area contributed by atoms with Gasteiger partial charge in [0, 0.05) is 0 Å². The highest BCUT2D eigenvalue weighted by atomic mass is 16.3. The van der Waals surface area contributed by atoms with Gasteiger partial charge in [-0.3, -0.25) is 0 Å². The first-order valence-corrected chi connectivity index (χ1v) is 4.87. The van der Waals surface area contributed by atoms with Gasteiger partial charge in [0.25, 0.3) is 0 Å². The van der Waals surface area contributed by atoms with Crippen LogP contribution in [0.5, 0.6) is 0 Å². The minimum absolute atomic E-state index is 0.0713. The summed E-state index contributed by atoms with van der Waals surface area (Å²) in [6.07, 6.45) is 3.38. The molecule has 1 nitrogen and oxygen atoms in total. The molecular formula is C11H18O. The van der Waals surface area contributed by atoms with E-state index in [4.69, 9.17) is 0 Å². The summed E-state index contributed by atoms with van der Waals surface area (Å²) in [6, 6.07) is 0. The van der Waals surface area contributed by atoms with Crippen LogP contribution < -0.4 is 0 Å². The lowest BCUT2D eigenvalue weighted by Gasteiger charge is -2.31. The first-order valence-electron chi connectivity index (χ1n) is 4.87. The third-order valence-electron chi connectivity index (χ3n) is 3.99. The van der Waals surface area contributed by atoms with Gasteiger partial charge in [-0.1, -0.05) is 19.1 Å². The molecule has 0 aromatic carbocycles. The Kier molecular flexibility index (Phi) is 1.63. The molecule has 0 bridgehead atoms. The minimum Gasteiger partial charge on any atom is -0.393 e. The lowest BCUT2D eigenvalue weighted by molar-refractivity contribution is 0.0485. The van der Waals surface area contributed by atoms with Crippen LogP contribution in [0.1, 0.15) is 33.1 Å². The van der Waals surface area contributed by atoms with Crippen LogP contribution in [-0.2, 0) is 0 Å². The topological polar surface area (TPSA) is 20.2 Å². The zero-order valence-electron chi connectivity index (χ0n) is 8.01. The predicted molar refractivity (Wildman–Crippen MR) is 49.8 cm³/mol. The van der Waals surface area contributed by atoms with Crippen molar-refractivity contribution in [1.29, 1.82) is 0 Å². The van der Waals surface area contributed by atoms with Crippen molar-refractivity contribution < 1.29 is 5.11 Å². The average molecular weight is 166 g/mol. The Balaban J connectivity index is 2.06. The molecule has 0 amide bonds. The molecule has 1 N–H and O–H groups in total. The van der Waals surface area contributed by atoms with E-state index >= 15 is 0 Å². The normalized spacial score (nSPS) is 51.4. The molecule has 2 saturated carbocycles. The fraction of sp³-hybridized carbons (Fsp3) is 0.818. The van der Waals surface area contributed by atoms with Gasteiger partial charge in [0.1, 0.15) is 0 Å². The fourth-order valence-corrected chi connectivity index (χ4v) is 2.61. The van der Waals surface area contributed by atoms with Crippen LogP contribution in [0.15, 0.2) is 12.2 Å². The molecule has 0 heterocycles. The maximum Gasteiger partial charge on any atom is 0.0602 e. The quantitative estimate of drug-likeness (QED) is 0.593. The molecule has 12 heavy (non-hydrogen) atoms. The van der Waals surface area contributed by atoms with E-state index in [9.17, 15) is 5.11 Å². The highest BCUT2D eigenvalue weighted by molar-refractivity contribution is 5.13. The zero-order chi connectivity index (χ0) is 8.93. The SMILES string of the molecule is C=C(C)[C@H]1C[C@@H]2C[C@]2(C)[C@@H](O)C1. The van der Waals surface area contributed by atoms with Crippen molar-refractivity contribution in [2.75, 3.05) is 0 Å². The molecular weight excluding hydrogens is 148 g/mol. The lowest BCUT2D eigenvalue weighted by Crippen LogP contribution is -2.29. The zero-order valence-corrected chi connectivity index (χ0v) is 8.01. The molecule has 0 aromatic heterocycles. The van der Waals surface area contributed by atoms with E-state index in [0.29, 0.717) is 5.92 Å². The third-order valence-corrected chi connectivity index (χ3v) is 3.99. The standard InChI is InChI=1S/C11H18O/c1-7(2)8-4-9-6-11(9,3)10(12)5-8/h8-10,12H,1,4-6H2,2-3H3/t8-,9+,10-,11-/m0/s1. The largest absolute Gasteiger partial charge is 0.393 e. The number of rotatable bonds is 1. The molecule has 2 aliphatic rings. The molecule has 0 spiro atoms. The number of hydrogen-bond donors (Lipinski definition) is 1. The lowest BCUT2D eigenvalue weighted by atomic mass is 9.78. The Labute approximate surface area is 74.5 Å². The maximum atomic E-state index is 9.86. The smallest absolute Gasteiger partial charge is 0.0602 e. The summed E-state index contributed by atoms with van der Waals surface area (Å²) in [7, 11) is 0. The molecule has 4 atom stereocenters. The van der Waals surface area contributed by atoms with Crippen LogP contribution in [-0.4, -0.2) is 11.2 Å². The molecule has 2 fully saturated rings. The molecule has 0 saturated heterocycles. The van der Waals surface area contributed by atoms with E-state index in [-0.39, 0.29) is 11.5 Å². The molecule has 2 rings (SSSR count). The van der Waals surface area contributed by atoms with Crippen LogP contribution in [0.4, 0.5) is 0 Å². The van der Waals surface area contributed by atoms with Crippen molar-refractivity contribution in [3.8, 4) is 0 Å².